The Kier molecular flexibility index (Phi) is 10.9. The molecule has 0 spiro atoms. The molecule has 0 aliphatic heterocycles. The monoisotopic (exact) mass is 266 g/mol. The van der Waals surface area contributed by atoms with E-state index >= 15 is 0 Å². The van der Waals surface area contributed by atoms with E-state index in [9.17, 15) is 4.79 Å². The lowest BCUT2D eigenvalue weighted by atomic mass is 10.2. The number of unbranched alkanes of at least 4 members (excludes halogenated alkanes) is 3. The Balaban J connectivity index is 3.01. The van der Waals surface area contributed by atoms with Crippen molar-refractivity contribution in [2.75, 3.05) is 25.2 Å². The van der Waals surface area contributed by atoms with Crippen LogP contribution in [0.1, 0.15) is 32.6 Å². The largest absolute Gasteiger partial charge is 0.464 e. The third-order valence-electron chi connectivity index (χ3n) is 1.70. The number of rotatable bonds is 9. The van der Waals surface area contributed by atoms with E-state index in [0.717, 1.165) is 18.2 Å². The summed E-state index contributed by atoms with van der Waals surface area (Å²) in [5.41, 5.74) is 0. The van der Waals surface area contributed by atoms with Gasteiger partial charge in [0.25, 0.3) is 0 Å². The van der Waals surface area contributed by atoms with Crippen molar-refractivity contribution < 1.29 is 14.3 Å². The summed E-state index contributed by atoms with van der Waals surface area (Å²) in [6.45, 7) is 2.96. The average Bonchev–Trinajstić information content (AvgIpc) is 2.17. The summed E-state index contributed by atoms with van der Waals surface area (Å²) in [5.74, 6) is -0.270. The molecule has 84 valence electrons. The summed E-state index contributed by atoms with van der Waals surface area (Å²) >= 11 is 3.38. The number of hydrogen-bond acceptors (Lipinski definition) is 3. The molecule has 0 radical (unpaired) electrons. The Morgan fingerprint density at radius 2 is 1.93 bits per heavy atom. The first kappa shape index (κ1) is 13.9. The summed E-state index contributed by atoms with van der Waals surface area (Å²) in [6, 6.07) is 0. The molecule has 0 N–H and O–H groups in total. The number of alkyl halides is 1. The highest BCUT2D eigenvalue weighted by Gasteiger charge is 2.00. The minimum atomic E-state index is -0.270. The van der Waals surface area contributed by atoms with Gasteiger partial charge in [0.05, 0.1) is 6.61 Å². The van der Waals surface area contributed by atoms with Crippen molar-refractivity contribution in [1.29, 1.82) is 0 Å². The summed E-state index contributed by atoms with van der Waals surface area (Å²) in [6.07, 6.45) is 4.60. The van der Waals surface area contributed by atoms with Gasteiger partial charge in [0, 0.05) is 11.9 Å². The normalized spacial score (nSPS) is 10.1. The highest BCUT2D eigenvalue weighted by atomic mass is 79.9. The van der Waals surface area contributed by atoms with Gasteiger partial charge in [-0.05, 0) is 19.8 Å². The van der Waals surface area contributed by atoms with E-state index in [1.165, 1.54) is 12.8 Å². The maximum absolute atomic E-state index is 10.8. The summed E-state index contributed by atoms with van der Waals surface area (Å²) in [4.78, 5) is 10.8. The Bertz CT molecular complexity index is 139. The van der Waals surface area contributed by atoms with Gasteiger partial charge in [0.1, 0.15) is 6.61 Å². The molecule has 0 aromatic heterocycles. The molecule has 0 bridgehead atoms. The van der Waals surface area contributed by atoms with Crippen LogP contribution < -0.4 is 0 Å². The van der Waals surface area contributed by atoms with Crippen LogP contribution in [-0.4, -0.2) is 31.1 Å². The van der Waals surface area contributed by atoms with Crippen molar-refractivity contribution in [3.63, 3.8) is 0 Å². The van der Waals surface area contributed by atoms with Crippen LogP contribution in [0.25, 0.3) is 0 Å². The molecule has 0 unspecified atom stereocenters. The molecule has 0 saturated heterocycles. The van der Waals surface area contributed by atoms with E-state index < -0.39 is 0 Å². The second-order valence-electron chi connectivity index (χ2n) is 2.96. The second-order valence-corrected chi connectivity index (χ2v) is 3.75. The van der Waals surface area contributed by atoms with Gasteiger partial charge in [-0.2, -0.15) is 0 Å². The highest BCUT2D eigenvalue weighted by Crippen LogP contribution is 2.01. The van der Waals surface area contributed by atoms with Crippen LogP contribution in [0.2, 0.25) is 0 Å². The minimum Gasteiger partial charge on any atom is -0.464 e. The number of carbonyl (C=O) groups excluding carboxylic acids is 1. The number of carbonyl (C=O) groups is 1. The standard InChI is InChI=1S/C10H19BrO3/c1-2-14-10(12)9-13-8-6-4-3-5-7-11/h2-9H2,1H3. The molecule has 0 aliphatic carbocycles. The smallest absolute Gasteiger partial charge is 0.332 e. The lowest BCUT2D eigenvalue weighted by molar-refractivity contribution is -0.148. The molecule has 14 heavy (non-hydrogen) atoms. The Labute approximate surface area is 94.3 Å². The van der Waals surface area contributed by atoms with Crippen LogP contribution in [0.3, 0.4) is 0 Å². The van der Waals surface area contributed by atoms with E-state index in [0.29, 0.717) is 13.2 Å². The molecule has 0 saturated carbocycles. The quantitative estimate of drug-likeness (QED) is 0.366. The molecule has 3 nitrogen and oxygen atoms in total. The van der Waals surface area contributed by atoms with Crippen molar-refractivity contribution in [2.24, 2.45) is 0 Å². The van der Waals surface area contributed by atoms with Crippen LogP contribution >= 0.6 is 15.9 Å². The zero-order valence-electron chi connectivity index (χ0n) is 8.76. The van der Waals surface area contributed by atoms with Gasteiger partial charge in [-0.15, -0.1) is 0 Å². The summed E-state index contributed by atoms with van der Waals surface area (Å²) in [5, 5.41) is 1.07. The molecule has 0 heterocycles. The second kappa shape index (κ2) is 11.0. The van der Waals surface area contributed by atoms with Gasteiger partial charge >= 0.3 is 5.97 Å². The van der Waals surface area contributed by atoms with Crippen molar-refractivity contribution in [3.8, 4) is 0 Å². The van der Waals surface area contributed by atoms with Gasteiger partial charge in [-0.1, -0.05) is 28.8 Å². The van der Waals surface area contributed by atoms with E-state index in [1.807, 2.05) is 0 Å². The highest BCUT2D eigenvalue weighted by molar-refractivity contribution is 9.09. The van der Waals surface area contributed by atoms with E-state index in [1.54, 1.807) is 6.92 Å². The van der Waals surface area contributed by atoms with Gasteiger partial charge in [0.2, 0.25) is 0 Å². The fourth-order valence-corrected chi connectivity index (χ4v) is 1.41. The molecule has 0 rings (SSSR count). The first-order valence-corrected chi connectivity index (χ1v) is 6.22. The molecule has 4 heteroatoms. The lowest BCUT2D eigenvalue weighted by Gasteiger charge is -2.03. The lowest BCUT2D eigenvalue weighted by Crippen LogP contribution is -2.12. The number of esters is 1. The molecule has 0 fully saturated rings. The fourth-order valence-electron chi connectivity index (χ4n) is 1.01. The van der Waals surface area contributed by atoms with Crippen molar-refractivity contribution in [2.45, 2.75) is 32.6 Å². The van der Waals surface area contributed by atoms with Crippen LogP contribution in [0.4, 0.5) is 0 Å². The molecular formula is C10H19BrO3. The van der Waals surface area contributed by atoms with Gasteiger partial charge < -0.3 is 9.47 Å². The summed E-state index contributed by atoms with van der Waals surface area (Å²) < 4.78 is 9.86. The first-order chi connectivity index (χ1) is 6.81. The predicted octanol–water partition coefficient (Wildman–Crippen LogP) is 2.52. The Morgan fingerprint density at radius 1 is 1.21 bits per heavy atom. The SMILES string of the molecule is CCOC(=O)COCCCCCCBr. The maximum Gasteiger partial charge on any atom is 0.332 e. The first-order valence-electron chi connectivity index (χ1n) is 5.10. The average molecular weight is 267 g/mol. The van der Waals surface area contributed by atoms with Gasteiger partial charge in [-0.3, -0.25) is 0 Å². The molecule has 0 atom stereocenters. The zero-order chi connectivity index (χ0) is 10.6. The van der Waals surface area contributed by atoms with Crippen LogP contribution in [0, 0.1) is 0 Å². The van der Waals surface area contributed by atoms with Crippen LogP contribution in [0.5, 0.6) is 0 Å². The summed E-state index contributed by atoms with van der Waals surface area (Å²) in [7, 11) is 0. The topological polar surface area (TPSA) is 35.5 Å². The number of ether oxygens (including phenoxy) is 2. The zero-order valence-corrected chi connectivity index (χ0v) is 10.3. The Hall–Kier alpha value is -0.0900. The van der Waals surface area contributed by atoms with Crippen molar-refractivity contribution in [1.82, 2.24) is 0 Å². The fraction of sp³-hybridized carbons (Fsp3) is 0.900. The molecular weight excluding hydrogens is 248 g/mol. The van der Waals surface area contributed by atoms with Crippen LogP contribution in [-0.2, 0) is 14.3 Å². The Morgan fingerprint density at radius 3 is 2.57 bits per heavy atom. The molecule has 0 aromatic rings. The molecule has 0 aliphatic rings. The molecule has 0 aromatic carbocycles. The van der Waals surface area contributed by atoms with Crippen LogP contribution in [0.15, 0.2) is 0 Å². The number of hydrogen-bond donors (Lipinski definition) is 0. The van der Waals surface area contributed by atoms with Gasteiger partial charge in [-0.25, -0.2) is 4.79 Å². The minimum absolute atomic E-state index is 0.0896. The van der Waals surface area contributed by atoms with Gasteiger partial charge in [0.15, 0.2) is 0 Å². The van der Waals surface area contributed by atoms with E-state index in [2.05, 4.69) is 15.9 Å². The predicted molar refractivity (Wildman–Crippen MR) is 59.7 cm³/mol. The van der Waals surface area contributed by atoms with Crippen molar-refractivity contribution >= 4 is 21.9 Å². The van der Waals surface area contributed by atoms with Crippen molar-refractivity contribution in [3.05, 3.63) is 0 Å². The molecule has 0 amide bonds. The maximum atomic E-state index is 10.8. The van der Waals surface area contributed by atoms with E-state index in [4.69, 9.17) is 9.47 Å². The van der Waals surface area contributed by atoms with E-state index in [-0.39, 0.29) is 12.6 Å². The number of halogens is 1. The third-order valence-corrected chi connectivity index (χ3v) is 2.26. The third kappa shape index (κ3) is 9.99.